The van der Waals surface area contributed by atoms with E-state index in [0.717, 1.165) is 11.3 Å². The zero-order chi connectivity index (χ0) is 17.5. The number of methoxy groups -OCH3 is 1. The lowest BCUT2D eigenvalue weighted by Crippen LogP contribution is -2.10. The number of carbonyl (C=O) groups is 1. The van der Waals surface area contributed by atoms with E-state index in [-0.39, 0.29) is 11.7 Å². The summed E-state index contributed by atoms with van der Waals surface area (Å²) in [5, 5.41) is 0. The van der Waals surface area contributed by atoms with E-state index in [0.29, 0.717) is 30.3 Å². The molecule has 1 unspecified atom stereocenters. The van der Waals surface area contributed by atoms with Crippen LogP contribution >= 0.6 is 0 Å². The van der Waals surface area contributed by atoms with Crippen molar-refractivity contribution >= 4 is 5.78 Å². The third-order valence-corrected chi connectivity index (χ3v) is 3.84. The van der Waals surface area contributed by atoms with E-state index < -0.39 is 0 Å². The van der Waals surface area contributed by atoms with Crippen LogP contribution in [0.3, 0.4) is 0 Å². The lowest BCUT2D eigenvalue weighted by atomic mass is 9.92. The molecule has 4 nitrogen and oxygen atoms in total. The summed E-state index contributed by atoms with van der Waals surface area (Å²) in [5.74, 6) is 1.84. The van der Waals surface area contributed by atoms with Crippen molar-refractivity contribution in [2.24, 2.45) is 0 Å². The molecular formula is C20H24O4. The van der Waals surface area contributed by atoms with Crippen molar-refractivity contribution < 1.29 is 19.0 Å². The predicted octanol–water partition coefficient (Wildman–Crippen LogP) is 4.48. The summed E-state index contributed by atoms with van der Waals surface area (Å²) >= 11 is 0. The highest BCUT2D eigenvalue weighted by molar-refractivity contribution is 6.01. The van der Waals surface area contributed by atoms with Crippen molar-refractivity contribution in [1.29, 1.82) is 0 Å². The largest absolute Gasteiger partial charge is 0.497 e. The van der Waals surface area contributed by atoms with Gasteiger partial charge in [-0.05, 0) is 49.7 Å². The van der Waals surface area contributed by atoms with Gasteiger partial charge in [-0.15, -0.1) is 0 Å². The van der Waals surface area contributed by atoms with Crippen LogP contribution in [0.15, 0.2) is 42.5 Å². The summed E-state index contributed by atoms with van der Waals surface area (Å²) in [5.41, 5.74) is 1.57. The van der Waals surface area contributed by atoms with Crippen molar-refractivity contribution in [3.05, 3.63) is 53.6 Å². The number of hydrogen-bond donors (Lipinski definition) is 0. The molecule has 0 bridgehead atoms. The molecule has 0 aliphatic carbocycles. The fraction of sp³-hybridized carbons (Fsp3) is 0.350. The van der Waals surface area contributed by atoms with Crippen LogP contribution in [0.2, 0.25) is 0 Å². The molecule has 0 saturated carbocycles. The summed E-state index contributed by atoms with van der Waals surface area (Å²) in [6.07, 6.45) is 0. The van der Waals surface area contributed by atoms with Crippen LogP contribution in [0.1, 0.15) is 42.6 Å². The smallest absolute Gasteiger partial charge is 0.170 e. The van der Waals surface area contributed by atoms with Gasteiger partial charge >= 0.3 is 0 Å². The highest BCUT2D eigenvalue weighted by atomic mass is 16.5. The molecule has 128 valence electrons. The van der Waals surface area contributed by atoms with Crippen molar-refractivity contribution in [1.82, 2.24) is 0 Å². The van der Waals surface area contributed by atoms with Crippen LogP contribution in [0.5, 0.6) is 17.2 Å². The molecule has 0 aliphatic heterocycles. The number of carbonyl (C=O) groups excluding carboxylic acids is 1. The SMILES string of the molecule is CCOc1ccc(C(=O)C(C)c2ccc(OC)cc2)cc1OCC. The molecule has 0 saturated heterocycles. The van der Waals surface area contributed by atoms with Crippen LogP contribution in [0.25, 0.3) is 0 Å². The van der Waals surface area contributed by atoms with E-state index in [2.05, 4.69) is 0 Å². The molecule has 0 radical (unpaired) electrons. The van der Waals surface area contributed by atoms with E-state index in [4.69, 9.17) is 14.2 Å². The van der Waals surface area contributed by atoms with Gasteiger partial charge in [-0.2, -0.15) is 0 Å². The topological polar surface area (TPSA) is 44.8 Å². The number of benzene rings is 2. The second-order valence-corrected chi connectivity index (χ2v) is 5.39. The van der Waals surface area contributed by atoms with Crippen LogP contribution in [-0.4, -0.2) is 26.1 Å². The Morgan fingerprint density at radius 3 is 2.17 bits per heavy atom. The third kappa shape index (κ3) is 4.07. The monoisotopic (exact) mass is 328 g/mol. The third-order valence-electron chi connectivity index (χ3n) is 3.84. The molecule has 0 N–H and O–H groups in total. The second kappa shape index (κ2) is 8.39. The lowest BCUT2D eigenvalue weighted by Gasteiger charge is -2.15. The van der Waals surface area contributed by atoms with Crippen LogP contribution in [0, 0.1) is 0 Å². The fourth-order valence-electron chi connectivity index (χ4n) is 2.50. The summed E-state index contributed by atoms with van der Waals surface area (Å²) < 4.78 is 16.3. The first-order chi connectivity index (χ1) is 11.6. The van der Waals surface area contributed by atoms with Gasteiger partial charge in [0, 0.05) is 11.5 Å². The molecule has 0 spiro atoms. The quantitative estimate of drug-likeness (QED) is 0.670. The van der Waals surface area contributed by atoms with Gasteiger partial charge in [-0.25, -0.2) is 0 Å². The van der Waals surface area contributed by atoms with Crippen LogP contribution in [-0.2, 0) is 0 Å². The molecule has 2 aromatic carbocycles. The number of hydrogen-bond acceptors (Lipinski definition) is 4. The molecule has 0 aliphatic rings. The molecule has 24 heavy (non-hydrogen) atoms. The summed E-state index contributed by atoms with van der Waals surface area (Å²) in [4.78, 5) is 12.8. The van der Waals surface area contributed by atoms with Gasteiger partial charge in [0.2, 0.25) is 0 Å². The summed E-state index contributed by atoms with van der Waals surface area (Å²) in [6.45, 7) is 6.80. The maximum absolute atomic E-state index is 12.8. The zero-order valence-electron chi connectivity index (χ0n) is 14.7. The minimum absolute atomic E-state index is 0.0455. The Bertz CT molecular complexity index is 677. The minimum atomic E-state index is -0.247. The maximum Gasteiger partial charge on any atom is 0.170 e. The van der Waals surface area contributed by atoms with Gasteiger partial charge in [0.25, 0.3) is 0 Å². The summed E-state index contributed by atoms with van der Waals surface area (Å²) in [6, 6.07) is 12.9. The highest BCUT2D eigenvalue weighted by Gasteiger charge is 2.19. The van der Waals surface area contributed by atoms with E-state index in [1.165, 1.54) is 0 Å². The first kappa shape index (κ1) is 17.9. The maximum atomic E-state index is 12.8. The second-order valence-electron chi connectivity index (χ2n) is 5.39. The average Bonchev–Trinajstić information content (AvgIpc) is 2.62. The van der Waals surface area contributed by atoms with Crippen LogP contribution in [0.4, 0.5) is 0 Å². The minimum Gasteiger partial charge on any atom is -0.497 e. The standard InChI is InChI=1S/C20H24O4/c1-5-23-18-12-9-16(13-19(18)24-6-2)20(21)14(3)15-7-10-17(22-4)11-8-15/h7-14H,5-6H2,1-4H3. The molecule has 2 rings (SSSR count). The van der Waals surface area contributed by atoms with Gasteiger partial charge < -0.3 is 14.2 Å². The average molecular weight is 328 g/mol. The summed E-state index contributed by atoms with van der Waals surface area (Å²) in [7, 11) is 1.62. The van der Waals surface area contributed by atoms with E-state index in [1.807, 2.05) is 45.0 Å². The van der Waals surface area contributed by atoms with Crippen molar-refractivity contribution in [2.45, 2.75) is 26.7 Å². The van der Waals surface area contributed by atoms with E-state index in [9.17, 15) is 4.79 Å². The molecule has 0 heterocycles. The van der Waals surface area contributed by atoms with Gasteiger partial charge in [-0.3, -0.25) is 4.79 Å². The number of ketones is 1. The molecule has 2 aromatic rings. The van der Waals surface area contributed by atoms with Crippen LogP contribution < -0.4 is 14.2 Å². The normalized spacial score (nSPS) is 11.7. The highest BCUT2D eigenvalue weighted by Crippen LogP contribution is 2.31. The van der Waals surface area contributed by atoms with E-state index >= 15 is 0 Å². The Labute approximate surface area is 143 Å². The molecule has 1 atom stereocenters. The molecule has 0 aromatic heterocycles. The molecule has 0 fully saturated rings. The van der Waals surface area contributed by atoms with Crippen molar-refractivity contribution in [2.75, 3.05) is 20.3 Å². The number of rotatable bonds is 8. The first-order valence-electron chi connectivity index (χ1n) is 8.18. The zero-order valence-corrected chi connectivity index (χ0v) is 14.7. The van der Waals surface area contributed by atoms with Gasteiger partial charge in [-0.1, -0.05) is 19.1 Å². The Hall–Kier alpha value is -2.49. The molecule has 0 amide bonds. The first-order valence-corrected chi connectivity index (χ1v) is 8.18. The lowest BCUT2D eigenvalue weighted by molar-refractivity contribution is 0.0965. The molecular weight excluding hydrogens is 304 g/mol. The Morgan fingerprint density at radius 2 is 1.58 bits per heavy atom. The van der Waals surface area contributed by atoms with Crippen molar-refractivity contribution in [3.63, 3.8) is 0 Å². The Kier molecular flexibility index (Phi) is 6.24. The van der Waals surface area contributed by atoms with Gasteiger partial charge in [0.05, 0.1) is 20.3 Å². The number of Topliss-reactive ketones (excluding diaryl/α,β-unsaturated/α-hetero) is 1. The Morgan fingerprint density at radius 1 is 0.958 bits per heavy atom. The Balaban J connectivity index is 2.25. The predicted molar refractivity (Wildman–Crippen MR) is 94.5 cm³/mol. The fourth-order valence-corrected chi connectivity index (χ4v) is 2.50. The van der Waals surface area contributed by atoms with E-state index in [1.54, 1.807) is 25.3 Å². The molecule has 4 heteroatoms. The number of ether oxygens (including phenoxy) is 3. The van der Waals surface area contributed by atoms with Crippen molar-refractivity contribution in [3.8, 4) is 17.2 Å². The van der Waals surface area contributed by atoms with Gasteiger partial charge in [0.1, 0.15) is 5.75 Å². The van der Waals surface area contributed by atoms with Gasteiger partial charge in [0.15, 0.2) is 17.3 Å².